The van der Waals surface area contributed by atoms with Crippen LogP contribution in [0, 0.1) is 13.8 Å². The minimum Gasteiger partial charge on any atom is -0.372 e. The lowest BCUT2D eigenvalue weighted by Crippen LogP contribution is -2.40. The molecule has 23 heavy (non-hydrogen) atoms. The molecule has 122 valence electrons. The van der Waals surface area contributed by atoms with Gasteiger partial charge in [-0.3, -0.25) is 4.79 Å². The van der Waals surface area contributed by atoms with Gasteiger partial charge in [-0.1, -0.05) is 0 Å². The first-order chi connectivity index (χ1) is 11.0. The number of imidazole rings is 1. The highest BCUT2D eigenvalue weighted by Gasteiger charge is 2.27. The summed E-state index contributed by atoms with van der Waals surface area (Å²) in [5.74, 6) is 0.448. The van der Waals surface area contributed by atoms with Gasteiger partial charge < -0.3 is 14.6 Å². The molecule has 3 heterocycles. The highest BCUT2D eigenvalue weighted by atomic mass is 16.5. The van der Waals surface area contributed by atoms with Crippen LogP contribution in [0.2, 0.25) is 0 Å². The van der Waals surface area contributed by atoms with Crippen molar-refractivity contribution in [2.75, 3.05) is 6.61 Å². The fraction of sp³-hybridized carbons (Fsp3) is 0.500. The summed E-state index contributed by atoms with van der Waals surface area (Å²) in [5, 5.41) is 3.06. The van der Waals surface area contributed by atoms with Gasteiger partial charge in [-0.05, 0) is 32.8 Å². The zero-order valence-corrected chi connectivity index (χ0v) is 13.6. The molecular weight excluding hydrogens is 294 g/mol. The van der Waals surface area contributed by atoms with E-state index >= 15 is 0 Å². The number of ether oxygens (including phenoxy) is 1. The Kier molecular flexibility index (Phi) is 4.38. The van der Waals surface area contributed by atoms with Crippen molar-refractivity contribution in [2.24, 2.45) is 7.05 Å². The highest BCUT2D eigenvalue weighted by Crippen LogP contribution is 2.27. The van der Waals surface area contributed by atoms with Gasteiger partial charge in [-0.25, -0.2) is 15.0 Å². The number of nitrogens with zero attached hydrogens (tertiary/aromatic N) is 4. The number of hydrogen-bond acceptors (Lipinski definition) is 5. The van der Waals surface area contributed by atoms with Crippen LogP contribution in [0.5, 0.6) is 0 Å². The number of aromatic nitrogens is 4. The minimum absolute atomic E-state index is 0.0459. The quantitative estimate of drug-likeness (QED) is 0.927. The third kappa shape index (κ3) is 3.56. The monoisotopic (exact) mass is 315 g/mol. The molecule has 2 aromatic heterocycles. The summed E-state index contributed by atoms with van der Waals surface area (Å²) in [4.78, 5) is 25.0. The van der Waals surface area contributed by atoms with Crippen molar-refractivity contribution in [1.82, 2.24) is 24.8 Å². The summed E-state index contributed by atoms with van der Waals surface area (Å²) in [6.07, 6.45) is 5.05. The van der Waals surface area contributed by atoms with E-state index < -0.39 is 0 Å². The normalized spacial score (nSPS) is 21.2. The topological polar surface area (TPSA) is 81.9 Å². The highest BCUT2D eigenvalue weighted by molar-refractivity contribution is 5.92. The molecule has 0 spiro atoms. The first kappa shape index (κ1) is 15.6. The van der Waals surface area contributed by atoms with Crippen LogP contribution >= 0.6 is 0 Å². The van der Waals surface area contributed by atoms with Crippen LogP contribution in [0.25, 0.3) is 0 Å². The molecule has 1 fully saturated rings. The molecule has 2 aromatic rings. The van der Waals surface area contributed by atoms with Crippen molar-refractivity contribution in [3.05, 3.63) is 41.5 Å². The predicted octanol–water partition coefficient (Wildman–Crippen LogP) is 1.48. The fourth-order valence-corrected chi connectivity index (χ4v) is 2.90. The molecule has 3 rings (SSSR count). The van der Waals surface area contributed by atoms with Crippen LogP contribution in [0.15, 0.2) is 18.6 Å². The van der Waals surface area contributed by atoms with E-state index in [-0.39, 0.29) is 18.1 Å². The maximum atomic E-state index is 12.4. The maximum absolute atomic E-state index is 12.4. The van der Waals surface area contributed by atoms with Crippen molar-refractivity contribution in [2.45, 2.75) is 38.8 Å². The van der Waals surface area contributed by atoms with Gasteiger partial charge >= 0.3 is 0 Å². The Balaban J connectivity index is 1.67. The molecule has 1 amide bonds. The molecule has 1 aliphatic rings. The predicted molar refractivity (Wildman–Crippen MR) is 83.9 cm³/mol. The van der Waals surface area contributed by atoms with E-state index in [1.54, 1.807) is 19.3 Å². The van der Waals surface area contributed by atoms with Gasteiger partial charge in [0, 0.05) is 25.4 Å². The summed E-state index contributed by atoms with van der Waals surface area (Å²) in [5.41, 5.74) is 2.23. The molecule has 0 aliphatic carbocycles. The largest absolute Gasteiger partial charge is 0.372 e. The van der Waals surface area contributed by atoms with Crippen molar-refractivity contribution >= 4 is 5.91 Å². The second-order valence-corrected chi connectivity index (χ2v) is 5.93. The lowest BCUT2D eigenvalue weighted by atomic mass is 10.0. The molecular formula is C16H21N5O2. The molecule has 1 saturated heterocycles. The summed E-state index contributed by atoms with van der Waals surface area (Å²) in [6, 6.07) is 1.77. The zero-order chi connectivity index (χ0) is 16.4. The van der Waals surface area contributed by atoms with Gasteiger partial charge in [0.2, 0.25) is 0 Å². The zero-order valence-electron chi connectivity index (χ0n) is 13.6. The summed E-state index contributed by atoms with van der Waals surface area (Å²) in [6.45, 7) is 4.26. The van der Waals surface area contributed by atoms with Crippen molar-refractivity contribution in [3.8, 4) is 0 Å². The molecule has 7 heteroatoms. The molecule has 7 nitrogen and oxygen atoms in total. The van der Waals surface area contributed by atoms with Crippen LogP contribution in [0.3, 0.4) is 0 Å². The number of nitrogens with one attached hydrogen (secondary N) is 1. The molecule has 0 unspecified atom stereocenters. The molecule has 0 radical (unpaired) electrons. The third-order valence-corrected chi connectivity index (χ3v) is 4.00. The summed E-state index contributed by atoms with van der Waals surface area (Å²) in [7, 11) is 1.94. The van der Waals surface area contributed by atoms with E-state index in [4.69, 9.17) is 4.74 Å². The summed E-state index contributed by atoms with van der Waals surface area (Å²) >= 11 is 0. The number of rotatable bonds is 3. The smallest absolute Gasteiger partial charge is 0.270 e. The second kappa shape index (κ2) is 6.45. The van der Waals surface area contributed by atoms with E-state index in [2.05, 4.69) is 20.3 Å². The van der Waals surface area contributed by atoms with Gasteiger partial charge in [0.1, 0.15) is 17.6 Å². The SMILES string of the molecule is Cc1cc(C(=O)N[C@H]2CCO[C@H](c3cncn3C)C2)nc(C)n1. The second-order valence-electron chi connectivity index (χ2n) is 5.93. The Labute approximate surface area is 135 Å². The lowest BCUT2D eigenvalue weighted by Gasteiger charge is -2.30. The molecule has 2 atom stereocenters. The number of carbonyl (C=O) groups is 1. The van der Waals surface area contributed by atoms with E-state index in [9.17, 15) is 4.79 Å². The standard InChI is InChI=1S/C16H21N5O2/c1-10-6-13(19-11(2)18-10)16(22)20-12-4-5-23-15(7-12)14-8-17-9-21(14)3/h6,8-9,12,15H,4-5,7H2,1-3H3,(H,20,22)/t12-,15-/m0/s1. The van der Waals surface area contributed by atoms with E-state index in [0.29, 0.717) is 18.1 Å². The van der Waals surface area contributed by atoms with Crippen LogP contribution < -0.4 is 5.32 Å². The van der Waals surface area contributed by atoms with Crippen LogP contribution in [-0.4, -0.2) is 38.1 Å². The van der Waals surface area contributed by atoms with E-state index in [1.807, 2.05) is 24.7 Å². The van der Waals surface area contributed by atoms with Gasteiger partial charge in [0.25, 0.3) is 5.91 Å². The third-order valence-electron chi connectivity index (χ3n) is 4.00. The Morgan fingerprint density at radius 1 is 1.39 bits per heavy atom. The Morgan fingerprint density at radius 3 is 2.91 bits per heavy atom. The Hall–Kier alpha value is -2.28. The Morgan fingerprint density at radius 2 is 2.22 bits per heavy atom. The lowest BCUT2D eigenvalue weighted by molar-refractivity contribution is -0.00305. The molecule has 1 N–H and O–H groups in total. The number of hydrogen-bond donors (Lipinski definition) is 1. The molecule has 0 bridgehead atoms. The van der Waals surface area contributed by atoms with E-state index in [0.717, 1.165) is 24.2 Å². The van der Waals surface area contributed by atoms with E-state index in [1.165, 1.54) is 0 Å². The molecule has 0 saturated carbocycles. The number of carbonyl (C=O) groups excluding carboxylic acids is 1. The van der Waals surface area contributed by atoms with Crippen molar-refractivity contribution < 1.29 is 9.53 Å². The summed E-state index contributed by atoms with van der Waals surface area (Å²) < 4.78 is 7.77. The van der Waals surface area contributed by atoms with Gasteiger partial charge in [-0.2, -0.15) is 0 Å². The average Bonchev–Trinajstić information content (AvgIpc) is 2.92. The van der Waals surface area contributed by atoms with Gasteiger partial charge in [-0.15, -0.1) is 0 Å². The molecule has 0 aromatic carbocycles. The van der Waals surface area contributed by atoms with Gasteiger partial charge in [0.05, 0.1) is 18.2 Å². The fourth-order valence-electron chi connectivity index (χ4n) is 2.90. The van der Waals surface area contributed by atoms with Gasteiger partial charge in [0.15, 0.2) is 0 Å². The van der Waals surface area contributed by atoms with Crippen LogP contribution in [0.1, 0.15) is 46.6 Å². The maximum Gasteiger partial charge on any atom is 0.270 e. The van der Waals surface area contributed by atoms with Crippen LogP contribution in [-0.2, 0) is 11.8 Å². The van der Waals surface area contributed by atoms with Crippen molar-refractivity contribution in [3.63, 3.8) is 0 Å². The first-order valence-corrected chi connectivity index (χ1v) is 7.74. The average molecular weight is 315 g/mol. The number of aryl methyl sites for hydroxylation is 3. The minimum atomic E-state index is -0.158. The van der Waals surface area contributed by atoms with Crippen molar-refractivity contribution in [1.29, 1.82) is 0 Å². The van der Waals surface area contributed by atoms with Crippen LogP contribution in [0.4, 0.5) is 0 Å². The number of amides is 1. The first-order valence-electron chi connectivity index (χ1n) is 7.74. The Bertz CT molecular complexity index is 692. The molecule has 1 aliphatic heterocycles.